The van der Waals surface area contributed by atoms with Gasteiger partial charge in [0.15, 0.2) is 11.6 Å². The summed E-state index contributed by atoms with van der Waals surface area (Å²) < 4.78 is 31.8. The predicted molar refractivity (Wildman–Crippen MR) is 280 cm³/mol. The van der Waals surface area contributed by atoms with E-state index in [0.29, 0.717) is 11.3 Å². The fraction of sp³-hybridized carbons (Fsp3) is 0.436. The number of carbonyl (C=O) groups is 10. The van der Waals surface area contributed by atoms with Crippen molar-refractivity contribution in [3.8, 4) is 11.1 Å². The largest absolute Gasteiger partial charge is 0.481 e. The molecule has 2 aromatic carbocycles. The molecular formula is C55H69F2N9O12. The van der Waals surface area contributed by atoms with Crippen LogP contribution >= 0.6 is 0 Å². The van der Waals surface area contributed by atoms with Gasteiger partial charge < -0.3 is 52.0 Å². The van der Waals surface area contributed by atoms with Gasteiger partial charge in [-0.15, -0.1) is 0 Å². The number of aliphatic hydroxyl groups excluding tert-OH is 1. The van der Waals surface area contributed by atoms with E-state index in [1.165, 1.54) is 31.1 Å². The molecule has 0 saturated carbocycles. The van der Waals surface area contributed by atoms with Crippen molar-refractivity contribution in [3.05, 3.63) is 114 Å². The summed E-state index contributed by atoms with van der Waals surface area (Å²) in [6.45, 7) is 6.52. The summed E-state index contributed by atoms with van der Waals surface area (Å²) in [6.07, 6.45) is 2.19. The molecule has 4 aromatic rings. The number of pyridine rings is 1. The van der Waals surface area contributed by atoms with Crippen molar-refractivity contribution in [2.45, 2.75) is 117 Å². The molecule has 420 valence electrons. The lowest BCUT2D eigenvalue weighted by Crippen LogP contribution is -2.56. The molecule has 0 aliphatic heterocycles. The van der Waals surface area contributed by atoms with Gasteiger partial charge in [-0.05, 0) is 72.7 Å². The zero-order valence-electron chi connectivity index (χ0n) is 44.3. The molecule has 78 heavy (non-hydrogen) atoms. The van der Waals surface area contributed by atoms with E-state index < -0.39 is 138 Å². The number of rotatable bonds is 31. The minimum absolute atomic E-state index is 0.0322. The minimum atomic E-state index is -1.70. The van der Waals surface area contributed by atoms with Crippen LogP contribution in [-0.4, -0.2) is 128 Å². The van der Waals surface area contributed by atoms with Crippen molar-refractivity contribution in [2.75, 3.05) is 26.2 Å². The number of amides is 7. The summed E-state index contributed by atoms with van der Waals surface area (Å²) in [4.78, 5) is 135. The average Bonchev–Trinajstić information content (AvgIpc) is 3.84. The molecule has 0 fully saturated rings. The summed E-state index contributed by atoms with van der Waals surface area (Å²) in [5.41, 5.74) is 6.74. The maximum atomic E-state index is 15.4. The van der Waals surface area contributed by atoms with Crippen LogP contribution in [0.25, 0.3) is 11.1 Å². The number of aromatic nitrogens is 2. The summed E-state index contributed by atoms with van der Waals surface area (Å²) in [5.74, 6) is -10.4. The van der Waals surface area contributed by atoms with Crippen LogP contribution in [0.4, 0.5) is 8.78 Å². The van der Waals surface area contributed by atoms with E-state index in [1.54, 1.807) is 49.7 Å². The monoisotopic (exact) mass is 1090 g/mol. The molecule has 0 aliphatic carbocycles. The molecule has 0 bridgehead atoms. The number of benzene rings is 2. The Bertz CT molecular complexity index is 2770. The minimum Gasteiger partial charge on any atom is -0.481 e. The highest BCUT2D eigenvalue weighted by Gasteiger charge is 2.39. The summed E-state index contributed by atoms with van der Waals surface area (Å²) in [7, 11) is 0. The van der Waals surface area contributed by atoms with Gasteiger partial charge in [0, 0.05) is 80.2 Å². The van der Waals surface area contributed by atoms with Crippen LogP contribution in [0.15, 0.2) is 85.3 Å². The Balaban J connectivity index is 1.63. The number of primary amides is 1. The van der Waals surface area contributed by atoms with Gasteiger partial charge in [0.2, 0.25) is 41.4 Å². The molecule has 0 saturated heterocycles. The van der Waals surface area contributed by atoms with E-state index in [4.69, 9.17) is 10.8 Å². The van der Waals surface area contributed by atoms with Gasteiger partial charge in [0.1, 0.15) is 30.3 Å². The molecule has 2 heterocycles. The number of hydrogen-bond donors (Lipinski definition) is 8. The number of hydrogen-bond acceptors (Lipinski definition) is 12. The average molecular weight is 1090 g/mol. The lowest BCUT2D eigenvalue weighted by atomic mass is 9.82. The molecule has 5 atom stereocenters. The molecule has 7 amide bonds. The molecule has 0 radical (unpaired) electrons. The molecule has 2 aromatic heterocycles. The highest BCUT2D eigenvalue weighted by atomic mass is 19.1. The molecule has 9 N–H and O–H groups in total. The first-order chi connectivity index (χ1) is 36.9. The SMILES string of the molecule is C[C@@H](CC(=O)[C@@H](C)NC(=O)Cc1ccncc1)C(=O)N[C@@H](CC(N)=O)C(=O)N[C@@H](CCN(C(=O)CO)[C@@H](c1cc(-c2cc(F)ccc2F)cn1Cc1ccccc1)C(C)(C)C)C(=O)NCCCC(=O)CNC(=O)CCC(=O)O. The number of carbonyl (C=O) groups excluding carboxylic acids is 9. The Kier molecular flexibility index (Phi) is 23.9. The van der Waals surface area contributed by atoms with Gasteiger partial charge in [0.05, 0.1) is 37.9 Å². The number of nitrogens with zero attached hydrogens (tertiary/aromatic N) is 3. The molecule has 23 heteroatoms. The summed E-state index contributed by atoms with van der Waals surface area (Å²) in [6, 6.07) is 11.8. The van der Waals surface area contributed by atoms with Crippen LogP contribution in [0.3, 0.4) is 0 Å². The smallest absolute Gasteiger partial charge is 0.303 e. The second-order valence-electron chi connectivity index (χ2n) is 20.0. The molecule has 0 spiro atoms. The number of carboxylic acid groups (broad SMARTS) is 1. The number of nitrogens with one attached hydrogen (secondary N) is 5. The second kappa shape index (κ2) is 29.9. The van der Waals surface area contributed by atoms with Gasteiger partial charge in [-0.2, -0.15) is 0 Å². The lowest BCUT2D eigenvalue weighted by Gasteiger charge is -2.41. The topological polar surface area (TPSA) is 318 Å². The Morgan fingerprint density at radius 1 is 0.769 bits per heavy atom. The highest BCUT2D eigenvalue weighted by molar-refractivity contribution is 5.97. The van der Waals surface area contributed by atoms with Gasteiger partial charge in [-0.25, -0.2) is 8.78 Å². The molecule has 4 rings (SSSR count). The first-order valence-corrected chi connectivity index (χ1v) is 25.3. The molecule has 0 unspecified atom stereocenters. The first-order valence-electron chi connectivity index (χ1n) is 25.3. The third kappa shape index (κ3) is 20.1. The van der Waals surface area contributed by atoms with Gasteiger partial charge in [0.25, 0.3) is 0 Å². The number of ketones is 2. The predicted octanol–water partition coefficient (Wildman–Crippen LogP) is 2.81. The Hall–Kier alpha value is -8.21. The van der Waals surface area contributed by atoms with E-state index >= 15 is 4.39 Å². The first kappa shape index (κ1) is 62.3. The zero-order valence-corrected chi connectivity index (χ0v) is 44.3. The summed E-state index contributed by atoms with van der Waals surface area (Å²) >= 11 is 0. The van der Waals surface area contributed by atoms with Crippen LogP contribution in [0.5, 0.6) is 0 Å². The van der Waals surface area contributed by atoms with Crippen molar-refractivity contribution in [1.82, 2.24) is 41.0 Å². The fourth-order valence-corrected chi connectivity index (χ4v) is 8.48. The van der Waals surface area contributed by atoms with Crippen LogP contribution < -0.4 is 32.3 Å². The van der Waals surface area contributed by atoms with E-state index in [-0.39, 0.29) is 62.9 Å². The lowest BCUT2D eigenvalue weighted by molar-refractivity contribution is -0.140. The Morgan fingerprint density at radius 3 is 2.09 bits per heavy atom. The second-order valence-corrected chi connectivity index (χ2v) is 20.0. The van der Waals surface area contributed by atoms with Crippen LogP contribution in [0.1, 0.15) is 102 Å². The van der Waals surface area contributed by atoms with Crippen molar-refractivity contribution >= 4 is 58.9 Å². The van der Waals surface area contributed by atoms with E-state index in [0.717, 1.165) is 23.8 Å². The Morgan fingerprint density at radius 2 is 1.45 bits per heavy atom. The van der Waals surface area contributed by atoms with Crippen molar-refractivity contribution < 1.29 is 66.9 Å². The van der Waals surface area contributed by atoms with Crippen molar-refractivity contribution in [2.24, 2.45) is 17.1 Å². The summed E-state index contributed by atoms with van der Waals surface area (Å²) in [5, 5.41) is 31.8. The van der Waals surface area contributed by atoms with Gasteiger partial charge in [-0.3, -0.25) is 52.9 Å². The van der Waals surface area contributed by atoms with E-state index in [1.807, 2.05) is 30.3 Å². The van der Waals surface area contributed by atoms with Gasteiger partial charge >= 0.3 is 5.97 Å². The number of aliphatic hydroxyl groups is 1. The van der Waals surface area contributed by atoms with E-state index in [2.05, 4.69) is 31.6 Å². The molecular weight excluding hydrogens is 1020 g/mol. The van der Waals surface area contributed by atoms with Crippen molar-refractivity contribution in [3.63, 3.8) is 0 Å². The number of nitrogens with two attached hydrogens (primary N) is 1. The third-order valence-electron chi connectivity index (χ3n) is 12.5. The Labute approximate surface area is 450 Å². The standard InChI is InChI=1S/C55H69F2N9O12/c1-33(24-45(69)34(2)62-48(72)25-35-17-21-59-22-18-35)52(76)64-43(28-46(58)70)54(78)63-42(53(77)60-20-9-12-39(68)29-61-47(71)15-16-50(74)75)19-23-66(49(73)32-67)51(55(3,4)5)44-26-37(40-27-38(56)13-14-41(40)57)31-65(44)30-36-10-7-6-8-11-36/h6-8,10-11,13-14,17-18,21-22,26-27,31,33-34,42-43,51,67H,9,12,15-16,19-20,23-25,28-30,32H2,1-5H3,(H2,58,70)(H,60,77)(H,61,71)(H,62,72)(H,63,78)(H,64,76)(H,74,75)/t33-,34+,42-,43-,51-/m0/s1. The van der Waals surface area contributed by atoms with Crippen LogP contribution in [0.2, 0.25) is 0 Å². The normalized spacial score (nSPS) is 13.1. The number of Topliss-reactive ketones (excluding diaryl/α,β-unsaturated/α-hetero) is 2. The number of aliphatic carboxylic acids is 1. The number of halogens is 2. The fourth-order valence-electron chi connectivity index (χ4n) is 8.48. The van der Waals surface area contributed by atoms with Crippen LogP contribution in [-0.2, 0) is 60.9 Å². The molecule has 21 nitrogen and oxygen atoms in total. The maximum absolute atomic E-state index is 15.4. The van der Waals surface area contributed by atoms with Gasteiger partial charge in [-0.1, -0.05) is 58.0 Å². The maximum Gasteiger partial charge on any atom is 0.303 e. The number of carboxylic acids is 1. The van der Waals surface area contributed by atoms with Crippen molar-refractivity contribution in [1.29, 1.82) is 0 Å². The quantitative estimate of drug-likeness (QED) is 0.0337. The molecule has 0 aliphatic rings. The van der Waals surface area contributed by atoms with E-state index in [9.17, 15) is 57.4 Å². The third-order valence-corrected chi connectivity index (χ3v) is 12.5. The zero-order chi connectivity index (χ0) is 57.7. The highest BCUT2D eigenvalue weighted by Crippen LogP contribution is 2.41. The van der Waals surface area contributed by atoms with Crippen LogP contribution in [0, 0.1) is 23.0 Å².